The normalized spacial score (nSPS) is 15.3. The average Bonchev–Trinajstić information content (AvgIpc) is 2.91. The van der Waals surface area contributed by atoms with E-state index >= 15 is 0 Å². The van der Waals surface area contributed by atoms with Crippen molar-refractivity contribution in [1.29, 1.82) is 0 Å². The zero-order chi connectivity index (χ0) is 20.8. The second-order valence-electron chi connectivity index (χ2n) is 6.77. The number of hydrogen-bond acceptors (Lipinski definition) is 6. The Kier molecular flexibility index (Phi) is 7.88. The zero-order valence-electron chi connectivity index (χ0n) is 16.8. The van der Waals surface area contributed by atoms with Crippen LogP contribution in [0.5, 0.6) is 11.5 Å². The summed E-state index contributed by atoms with van der Waals surface area (Å²) in [5, 5.41) is 2.59. The molecule has 1 aromatic carbocycles. The van der Waals surface area contributed by atoms with Gasteiger partial charge in [-0.1, -0.05) is 30.0 Å². The molecular weight excluding hydrogens is 396 g/mol. The number of ether oxygens (including phenoxy) is 2. The molecule has 28 heavy (non-hydrogen) atoms. The van der Waals surface area contributed by atoms with Gasteiger partial charge in [0.25, 0.3) is 11.8 Å². The maximum atomic E-state index is 12.5. The van der Waals surface area contributed by atoms with Crippen molar-refractivity contribution in [3.8, 4) is 11.5 Å². The first kappa shape index (κ1) is 22.2. The molecule has 0 atom stereocenters. The van der Waals surface area contributed by atoms with Gasteiger partial charge >= 0.3 is 0 Å². The van der Waals surface area contributed by atoms with Crippen LogP contribution in [0.2, 0.25) is 0 Å². The van der Waals surface area contributed by atoms with E-state index in [0.717, 1.165) is 5.56 Å². The minimum atomic E-state index is -0.207. The number of nitrogens with one attached hydrogen (secondary N) is 1. The second-order valence-corrected chi connectivity index (χ2v) is 8.49. The summed E-state index contributed by atoms with van der Waals surface area (Å²) in [5.41, 5.74) is 0.787. The van der Waals surface area contributed by atoms with E-state index in [4.69, 9.17) is 21.7 Å². The largest absolute Gasteiger partial charge is 0.490 e. The van der Waals surface area contributed by atoms with Gasteiger partial charge in [-0.3, -0.25) is 9.59 Å². The Hall–Kier alpha value is -2.06. The topological polar surface area (TPSA) is 67.9 Å². The van der Waals surface area contributed by atoms with E-state index in [1.54, 1.807) is 23.1 Å². The highest BCUT2D eigenvalue weighted by Crippen LogP contribution is 2.32. The minimum Gasteiger partial charge on any atom is -0.490 e. The molecule has 0 aromatic heterocycles. The molecule has 1 heterocycles. The van der Waals surface area contributed by atoms with Crippen LogP contribution in [0.15, 0.2) is 23.1 Å². The first-order chi connectivity index (χ1) is 13.2. The third-order valence-corrected chi connectivity index (χ3v) is 5.12. The Morgan fingerprint density at radius 2 is 1.89 bits per heavy atom. The lowest BCUT2D eigenvalue weighted by atomic mass is 10.2. The molecule has 1 saturated heterocycles. The van der Waals surface area contributed by atoms with Gasteiger partial charge in [-0.15, -0.1) is 0 Å². The SMILES string of the molecule is CCOc1cc(/C=C2\SC(=S)NC2=O)ccc1OCC(=O)N(C(C)C)C(C)C. The molecule has 0 saturated carbocycles. The molecule has 0 spiro atoms. The van der Waals surface area contributed by atoms with Crippen LogP contribution in [0.25, 0.3) is 6.08 Å². The summed E-state index contributed by atoms with van der Waals surface area (Å²) in [4.78, 5) is 26.7. The van der Waals surface area contributed by atoms with Crippen molar-refractivity contribution in [3.05, 3.63) is 28.7 Å². The van der Waals surface area contributed by atoms with E-state index in [1.165, 1.54) is 11.8 Å². The van der Waals surface area contributed by atoms with Crippen molar-refractivity contribution >= 4 is 46.2 Å². The summed E-state index contributed by atoms with van der Waals surface area (Å²) in [5.74, 6) is 0.729. The molecule has 6 nitrogen and oxygen atoms in total. The number of carbonyl (C=O) groups is 2. The summed E-state index contributed by atoms with van der Waals surface area (Å²) in [6, 6.07) is 5.53. The highest BCUT2D eigenvalue weighted by atomic mass is 32.2. The van der Waals surface area contributed by atoms with Gasteiger partial charge in [-0.25, -0.2) is 0 Å². The van der Waals surface area contributed by atoms with Gasteiger partial charge in [-0.05, 0) is 58.4 Å². The predicted octanol–water partition coefficient (Wildman–Crippen LogP) is 3.60. The quantitative estimate of drug-likeness (QED) is 0.510. The Balaban J connectivity index is 2.17. The molecule has 8 heteroatoms. The zero-order valence-corrected chi connectivity index (χ0v) is 18.4. The third-order valence-electron chi connectivity index (χ3n) is 3.96. The van der Waals surface area contributed by atoms with Crippen molar-refractivity contribution in [2.45, 2.75) is 46.7 Å². The smallest absolute Gasteiger partial charge is 0.263 e. The molecule has 152 valence electrons. The monoisotopic (exact) mass is 422 g/mol. The Morgan fingerprint density at radius 3 is 2.43 bits per heavy atom. The van der Waals surface area contributed by atoms with Crippen LogP contribution in [0.1, 0.15) is 40.2 Å². The van der Waals surface area contributed by atoms with Crippen molar-refractivity contribution in [1.82, 2.24) is 10.2 Å². The summed E-state index contributed by atoms with van der Waals surface area (Å²) >= 11 is 6.23. The molecule has 1 N–H and O–H groups in total. The number of nitrogens with zero attached hydrogens (tertiary/aromatic N) is 1. The number of rotatable bonds is 8. The fourth-order valence-electron chi connectivity index (χ4n) is 2.96. The Morgan fingerprint density at radius 1 is 1.21 bits per heavy atom. The number of thioether (sulfide) groups is 1. The van der Waals surface area contributed by atoms with Crippen molar-refractivity contribution in [2.24, 2.45) is 0 Å². The summed E-state index contributed by atoms with van der Waals surface area (Å²) in [6.07, 6.45) is 1.75. The van der Waals surface area contributed by atoms with E-state index in [9.17, 15) is 9.59 Å². The average molecular weight is 423 g/mol. The number of hydrogen-bond donors (Lipinski definition) is 1. The molecule has 0 radical (unpaired) electrons. The second kappa shape index (κ2) is 9.93. The van der Waals surface area contributed by atoms with Crippen LogP contribution in [-0.2, 0) is 9.59 Å². The molecule has 2 amide bonds. The van der Waals surface area contributed by atoms with Crippen LogP contribution in [0.3, 0.4) is 0 Å². The highest BCUT2D eigenvalue weighted by molar-refractivity contribution is 8.26. The van der Waals surface area contributed by atoms with E-state index in [1.807, 2.05) is 40.7 Å². The van der Waals surface area contributed by atoms with Crippen molar-refractivity contribution < 1.29 is 19.1 Å². The first-order valence-corrected chi connectivity index (χ1v) is 10.4. The Bertz CT molecular complexity index is 782. The van der Waals surface area contributed by atoms with E-state index in [-0.39, 0.29) is 30.5 Å². The van der Waals surface area contributed by atoms with Crippen LogP contribution < -0.4 is 14.8 Å². The van der Waals surface area contributed by atoms with Gasteiger partial charge in [0.1, 0.15) is 4.32 Å². The molecule has 1 aliphatic rings. The summed E-state index contributed by atoms with van der Waals surface area (Å²) < 4.78 is 11.9. The number of carbonyl (C=O) groups excluding carboxylic acids is 2. The molecule has 1 aliphatic heterocycles. The summed E-state index contributed by atoms with van der Waals surface area (Å²) in [7, 11) is 0. The molecule has 0 aliphatic carbocycles. The van der Waals surface area contributed by atoms with Gasteiger partial charge in [0.15, 0.2) is 18.1 Å². The van der Waals surface area contributed by atoms with Crippen LogP contribution in [0.4, 0.5) is 0 Å². The van der Waals surface area contributed by atoms with Crippen molar-refractivity contribution in [2.75, 3.05) is 13.2 Å². The molecule has 2 rings (SSSR count). The van der Waals surface area contributed by atoms with Gasteiger partial charge in [-0.2, -0.15) is 0 Å². The molecule has 1 fully saturated rings. The molecule has 0 unspecified atom stereocenters. The number of benzene rings is 1. The molecule has 0 bridgehead atoms. The maximum Gasteiger partial charge on any atom is 0.263 e. The lowest BCUT2D eigenvalue weighted by Crippen LogP contribution is -2.44. The summed E-state index contributed by atoms with van der Waals surface area (Å²) in [6.45, 7) is 10.2. The number of thiocarbonyl (C=S) groups is 1. The molecule has 1 aromatic rings. The lowest BCUT2D eigenvalue weighted by Gasteiger charge is -2.30. The standard InChI is InChI=1S/C20H26N2O4S2/c1-6-25-16-9-14(10-17-19(24)21-20(27)28-17)7-8-15(16)26-11-18(23)22(12(2)3)13(4)5/h7-10,12-13H,6,11H2,1-5H3,(H,21,24,27)/b17-10-. The highest BCUT2D eigenvalue weighted by Gasteiger charge is 2.23. The van der Waals surface area contributed by atoms with E-state index in [2.05, 4.69) is 5.32 Å². The van der Waals surface area contributed by atoms with Crippen LogP contribution in [-0.4, -0.2) is 46.3 Å². The van der Waals surface area contributed by atoms with Gasteiger partial charge in [0.05, 0.1) is 11.5 Å². The van der Waals surface area contributed by atoms with Gasteiger partial charge in [0.2, 0.25) is 0 Å². The Labute approximate surface area is 175 Å². The van der Waals surface area contributed by atoms with E-state index < -0.39 is 0 Å². The van der Waals surface area contributed by atoms with Crippen LogP contribution in [0, 0.1) is 0 Å². The minimum absolute atomic E-state index is 0.0661. The van der Waals surface area contributed by atoms with E-state index in [0.29, 0.717) is 27.3 Å². The fraction of sp³-hybridized carbons (Fsp3) is 0.450. The third kappa shape index (κ3) is 5.72. The van der Waals surface area contributed by atoms with Gasteiger partial charge < -0.3 is 19.7 Å². The van der Waals surface area contributed by atoms with Crippen LogP contribution >= 0.6 is 24.0 Å². The first-order valence-electron chi connectivity index (χ1n) is 9.18. The fourth-order valence-corrected chi connectivity index (χ4v) is 4.00. The van der Waals surface area contributed by atoms with Crippen molar-refractivity contribution in [3.63, 3.8) is 0 Å². The predicted molar refractivity (Wildman–Crippen MR) is 117 cm³/mol. The lowest BCUT2D eigenvalue weighted by molar-refractivity contribution is -0.137. The molecular formula is C20H26N2O4S2. The number of amides is 2. The maximum absolute atomic E-state index is 12.5. The van der Waals surface area contributed by atoms with Gasteiger partial charge in [0, 0.05) is 12.1 Å².